The lowest BCUT2D eigenvalue weighted by Gasteiger charge is -2.17. The van der Waals surface area contributed by atoms with Crippen LogP contribution in [0.15, 0.2) is 18.2 Å². The van der Waals surface area contributed by atoms with Gasteiger partial charge in [-0.05, 0) is 50.5 Å². The van der Waals surface area contributed by atoms with Gasteiger partial charge in [-0.3, -0.25) is 4.79 Å². The first kappa shape index (κ1) is 15.5. The van der Waals surface area contributed by atoms with Crippen molar-refractivity contribution in [1.82, 2.24) is 5.32 Å². The van der Waals surface area contributed by atoms with E-state index in [1.54, 1.807) is 19.9 Å². The Kier molecular flexibility index (Phi) is 5.83. The van der Waals surface area contributed by atoms with E-state index in [0.29, 0.717) is 12.3 Å². The van der Waals surface area contributed by atoms with Gasteiger partial charge in [-0.15, -0.1) is 0 Å². The summed E-state index contributed by atoms with van der Waals surface area (Å²) in [5.74, 6) is 0.560. The number of benzene rings is 1. The summed E-state index contributed by atoms with van der Waals surface area (Å²) in [6, 6.07) is 5.47. The van der Waals surface area contributed by atoms with Gasteiger partial charge in [-0.2, -0.15) is 0 Å². The third kappa shape index (κ3) is 4.56. The van der Waals surface area contributed by atoms with Crippen LogP contribution in [0, 0.1) is 6.92 Å². The average Bonchev–Trinajstić information content (AvgIpc) is 2.37. The van der Waals surface area contributed by atoms with Crippen molar-refractivity contribution in [3.05, 3.63) is 29.3 Å². The molecule has 4 nitrogen and oxygen atoms in total. The number of hydrogen-bond acceptors (Lipinski definition) is 3. The largest absolute Gasteiger partial charge is 0.481 e. The molecule has 0 aliphatic rings. The maximum atomic E-state index is 11.7. The van der Waals surface area contributed by atoms with E-state index in [0.717, 1.165) is 17.5 Å². The summed E-state index contributed by atoms with van der Waals surface area (Å²) in [5, 5.41) is 12.3. The molecule has 1 aromatic carbocycles. The number of aliphatic hydroxyl groups is 1. The molecule has 0 aromatic heterocycles. The van der Waals surface area contributed by atoms with Crippen molar-refractivity contribution in [2.75, 3.05) is 6.54 Å². The molecule has 0 fully saturated rings. The van der Waals surface area contributed by atoms with E-state index >= 15 is 0 Å². The summed E-state index contributed by atoms with van der Waals surface area (Å²) in [4.78, 5) is 11.7. The van der Waals surface area contributed by atoms with Crippen LogP contribution in [0.1, 0.15) is 44.4 Å². The number of nitrogens with one attached hydrogen (secondary N) is 1. The Morgan fingerprint density at radius 2 is 2.11 bits per heavy atom. The Morgan fingerprint density at radius 1 is 1.42 bits per heavy atom. The smallest absolute Gasteiger partial charge is 0.260 e. The maximum Gasteiger partial charge on any atom is 0.260 e. The van der Waals surface area contributed by atoms with Crippen molar-refractivity contribution in [3.8, 4) is 5.75 Å². The standard InChI is InChI=1S/C15H23NO3/c1-5-8-16-15(18)12(4)19-14-7-6-13(11(3)17)9-10(14)2/h6-7,9,11-12,17H,5,8H2,1-4H3,(H,16,18). The quantitative estimate of drug-likeness (QED) is 0.830. The number of hydrogen-bond donors (Lipinski definition) is 2. The number of rotatable bonds is 6. The van der Waals surface area contributed by atoms with E-state index in [1.807, 2.05) is 26.0 Å². The summed E-state index contributed by atoms with van der Waals surface area (Å²) in [5.41, 5.74) is 1.75. The van der Waals surface area contributed by atoms with Crippen LogP contribution >= 0.6 is 0 Å². The molecule has 0 saturated carbocycles. The lowest BCUT2D eigenvalue weighted by molar-refractivity contribution is -0.127. The third-order valence-electron chi connectivity index (χ3n) is 2.90. The molecule has 4 heteroatoms. The molecule has 1 amide bonds. The van der Waals surface area contributed by atoms with Gasteiger partial charge >= 0.3 is 0 Å². The fourth-order valence-corrected chi connectivity index (χ4v) is 1.70. The van der Waals surface area contributed by atoms with Crippen LogP contribution in [-0.4, -0.2) is 23.7 Å². The minimum atomic E-state index is -0.525. The van der Waals surface area contributed by atoms with Crippen LogP contribution in [0.4, 0.5) is 0 Å². The van der Waals surface area contributed by atoms with Gasteiger partial charge in [0, 0.05) is 6.54 Å². The number of carbonyl (C=O) groups is 1. The molecule has 2 atom stereocenters. The van der Waals surface area contributed by atoms with Crippen LogP contribution in [0.3, 0.4) is 0 Å². The van der Waals surface area contributed by atoms with Gasteiger partial charge in [0.1, 0.15) is 5.75 Å². The summed E-state index contributed by atoms with van der Waals surface area (Å²) >= 11 is 0. The third-order valence-corrected chi connectivity index (χ3v) is 2.90. The molecule has 0 radical (unpaired) electrons. The van der Waals surface area contributed by atoms with Gasteiger partial charge in [0.15, 0.2) is 6.10 Å². The second-order valence-electron chi connectivity index (χ2n) is 4.75. The van der Waals surface area contributed by atoms with Crippen molar-refractivity contribution in [2.45, 2.75) is 46.3 Å². The number of aliphatic hydroxyl groups excluding tert-OH is 1. The predicted molar refractivity (Wildman–Crippen MR) is 75.2 cm³/mol. The van der Waals surface area contributed by atoms with Crippen LogP contribution < -0.4 is 10.1 Å². The van der Waals surface area contributed by atoms with Crippen molar-refractivity contribution >= 4 is 5.91 Å². The lowest BCUT2D eigenvalue weighted by Crippen LogP contribution is -2.36. The van der Waals surface area contributed by atoms with Gasteiger partial charge < -0.3 is 15.2 Å². The SMILES string of the molecule is CCCNC(=O)C(C)Oc1ccc(C(C)O)cc1C. The predicted octanol–water partition coefficient (Wildman–Crippen LogP) is 2.34. The van der Waals surface area contributed by atoms with E-state index < -0.39 is 12.2 Å². The average molecular weight is 265 g/mol. The highest BCUT2D eigenvalue weighted by Crippen LogP contribution is 2.23. The minimum absolute atomic E-state index is 0.110. The highest BCUT2D eigenvalue weighted by atomic mass is 16.5. The molecule has 1 rings (SSSR count). The van der Waals surface area contributed by atoms with Crippen LogP contribution in [0.2, 0.25) is 0 Å². The molecule has 0 aliphatic carbocycles. The molecule has 2 unspecified atom stereocenters. The Labute approximate surface area is 114 Å². The topological polar surface area (TPSA) is 58.6 Å². The molecule has 106 valence electrons. The first-order valence-electron chi connectivity index (χ1n) is 6.68. The lowest BCUT2D eigenvalue weighted by atomic mass is 10.1. The van der Waals surface area contributed by atoms with Crippen molar-refractivity contribution in [3.63, 3.8) is 0 Å². The van der Waals surface area contributed by atoms with Gasteiger partial charge in [0.2, 0.25) is 0 Å². The van der Waals surface area contributed by atoms with Crippen LogP contribution in [0.25, 0.3) is 0 Å². The molecule has 19 heavy (non-hydrogen) atoms. The second-order valence-corrected chi connectivity index (χ2v) is 4.75. The van der Waals surface area contributed by atoms with Crippen molar-refractivity contribution < 1.29 is 14.6 Å². The Bertz CT molecular complexity index is 429. The normalized spacial score (nSPS) is 13.7. The molecule has 0 spiro atoms. The van der Waals surface area contributed by atoms with E-state index in [1.165, 1.54) is 0 Å². The highest BCUT2D eigenvalue weighted by Gasteiger charge is 2.15. The molecule has 2 N–H and O–H groups in total. The monoisotopic (exact) mass is 265 g/mol. The number of carbonyl (C=O) groups excluding carboxylic acids is 1. The number of amides is 1. The summed E-state index contributed by atoms with van der Waals surface area (Å²) in [6.45, 7) is 8.01. The number of ether oxygens (including phenoxy) is 1. The zero-order valence-corrected chi connectivity index (χ0v) is 12.1. The van der Waals surface area contributed by atoms with Crippen LogP contribution in [0.5, 0.6) is 5.75 Å². The summed E-state index contributed by atoms with van der Waals surface area (Å²) < 4.78 is 5.65. The zero-order chi connectivity index (χ0) is 14.4. The molecule has 1 aromatic rings. The maximum absolute atomic E-state index is 11.7. The number of aryl methyl sites for hydroxylation is 1. The van der Waals surface area contributed by atoms with Gasteiger partial charge in [0.05, 0.1) is 6.10 Å². The van der Waals surface area contributed by atoms with E-state index in [-0.39, 0.29) is 5.91 Å². The first-order chi connectivity index (χ1) is 8.95. The Morgan fingerprint density at radius 3 is 2.63 bits per heavy atom. The minimum Gasteiger partial charge on any atom is -0.481 e. The summed E-state index contributed by atoms with van der Waals surface area (Å²) in [7, 11) is 0. The molecular weight excluding hydrogens is 242 g/mol. The molecule has 0 saturated heterocycles. The van der Waals surface area contributed by atoms with E-state index in [2.05, 4.69) is 5.32 Å². The Balaban J connectivity index is 2.69. The van der Waals surface area contributed by atoms with E-state index in [9.17, 15) is 9.90 Å². The second kappa shape index (κ2) is 7.14. The molecule has 0 aliphatic heterocycles. The molecule has 0 heterocycles. The van der Waals surface area contributed by atoms with Crippen molar-refractivity contribution in [2.24, 2.45) is 0 Å². The first-order valence-corrected chi connectivity index (χ1v) is 6.68. The van der Waals surface area contributed by atoms with Crippen LogP contribution in [-0.2, 0) is 4.79 Å². The van der Waals surface area contributed by atoms with Gasteiger partial charge in [0.25, 0.3) is 5.91 Å². The van der Waals surface area contributed by atoms with E-state index in [4.69, 9.17) is 4.74 Å². The molecular formula is C15H23NO3. The van der Waals surface area contributed by atoms with Crippen molar-refractivity contribution in [1.29, 1.82) is 0 Å². The highest BCUT2D eigenvalue weighted by molar-refractivity contribution is 5.80. The zero-order valence-electron chi connectivity index (χ0n) is 12.1. The fraction of sp³-hybridized carbons (Fsp3) is 0.533. The van der Waals surface area contributed by atoms with Gasteiger partial charge in [-0.25, -0.2) is 0 Å². The summed E-state index contributed by atoms with van der Waals surface area (Å²) in [6.07, 6.45) is -0.124. The fourth-order valence-electron chi connectivity index (χ4n) is 1.70. The Hall–Kier alpha value is -1.55. The van der Waals surface area contributed by atoms with Gasteiger partial charge in [-0.1, -0.05) is 13.0 Å². The molecule has 0 bridgehead atoms.